The van der Waals surface area contributed by atoms with Crippen LogP contribution in [0.4, 0.5) is 0 Å². The van der Waals surface area contributed by atoms with Crippen molar-refractivity contribution in [1.82, 2.24) is 20.1 Å². The second kappa shape index (κ2) is 6.50. The third-order valence-corrected chi connectivity index (χ3v) is 1.79. The van der Waals surface area contributed by atoms with Gasteiger partial charge in [-0.25, -0.2) is 4.98 Å². The predicted molar refractivity (Wildman–Crippen MR) is 53.9 cm³/mol. The smallest absolute Gasteiger partial charge is 0.164 e. The van der Waals surface area contributed by atoms with Crippen LogP contribution in [0.5, 0.6) is 0 Å². The molecule has 0 aromatic carbocycles. The second-order valence-corrected chi connectivity index (χ2v) is 2.90. The number of hydrogen-bond donors (Lipinski definition) is 1. The summed E-state index contributed by atoms with van der Waals surface area (Å²) in [5.74, 6) is 0.836. The highest BCUT2D eigenvalue weighted by atomic mass is 16.5. The van der Waals surface area contributed by atoms with Crippen molar-refractivity contribution >= 4 is 0 Å². The van der Waals surface area contributed by atoms with E-state index in [9.17, 15) is 0 Å². The van der Waals surface area contributed by atoms with E-state index in [4.69, 9.17) is 4.74 Å². The van der Waals surface area contributed by atoms with Crippen LogP contribution in [-0.4, -0.2) is 34.5 Å². The summed E-state index contributed by atoms with van der Waals surface area (Å²) in [5.41, 5.74) is 0. The Morgan fingerprint density at radius 3 is 3.07 bits per heavy atom. The largest absolute Gasteiger partial charge is 0.380 e. The van der Waals surface area contributed by atoms with Crippen molar-refractivity contribution in [3.63, 3.8) is 0 Å². The second-order valence-electron chi connectivity index (χ2n) is 2.90. The summed E-state index contributed by atoms with van der Waals surface area (Å²) in [6, 6.07) is 0. The van der Waals surface area contributed by atoms with E-state index in [1.54, 1.807) is 6.33 Å². The van der Waals surface area contributed by atoms with E-state index >= 15 is 0 Å². The Bertz CT molecular complexity index is 249. The number of hydrogen-bond acceptors (Lipinski definition) is 4. The molecule has 0 bridgehead atoms. The number of rotatable bonds is 7. The van der Waals surface area contributed by atoms with Crippen molar-refractivity contribution in [2.24, 2.45) is 0 Å². The van der Waals surface area contributed by atoms with Crippen LogP contribution in [0.2, 0.25) is 0 Å². The first-order valence-corrected chi connectivity index (χ1v) is 5.03. The van der Waals surface area contributed by atoms with Gasteiger partial charge in [0.15, 0.2) is 5.82 Å². The van der Waals surface area contributed by atoms with Gasteiger partial charge in [0.05, 0.1) is 19.7 Å². The van der Waals surface area contributed by atoms with Gasteiger partial charge < -0.3 is 10.1 Å². The molecule has 0 aliphatic heterocycles. The first-order valence-electron chi connectivity index (χ1n) is 5.03. The molecular formula is C9H18N4O. The molecule has 5 heteroatoms. The third kappa shape index (κ3) is 3.85. The van der Waals surface area contributed by atoms with Crippen molar-refractivity contribution in [2.45, 2.75) is 26.9 Å². The average Bonchev–Trinajstić information content (AvgIpc) is 2.63. The molecule has 0 radical (unpaired) electrons. The summed E-state index contributed by atoms with van der Waals surface area (Å²) in [6.07, 6.45) is 1.74. The first-order chi connectivity index (χ1) is 6.86. The molecule has 0 aliphatic carbocycles. The molecule has 0 spiro atoms. The van der Waals surface area contributed by atoms with Gasteiger partial charge >= 0.3 is 0 Å². The maximum Gasteiger partial charge on any atom is 0.164 e. The molecule has 80 valence electrons. The minimum atomic E-state index is 0.695. The molecule has 1 aromatic rings. The molecule has 0 aliphatic rings. The van der Waals surface area contributed by atoms with Gasteiger partial charge in [0.1, 0.15) is 6.33 Å². The average molecular weight is 198 g/mol. The Labute approximate surface area is 84.5 Å². The van der Waals surface area contributed by atoms with Gasteiger partial charge in [-0.2, -0.15) is 5.10 Å². The number of nitrogens with one attached hydrogen (secondary N) is 1. The van der Waals surface area contributed by atoms with Gasteiger partial charge in [0, 0.05) is 6.61 Å². The van der Waals surface area contributed by atoms with E-state index in [0.717, 1.165) is 32.1 Å². The summed E-state index contributed by atoms with van der Waals surface area (Å²) in [5, 5.41) is 7.46. The fraction of sp³-hybridized carbons (Fsp3) is 0.778. The van der Waals surface area contributed by atoms with E-state index in [0.29, 0.717) is 6.61 Å². The van der Waals surface area contributed by atoms with Crippen molar-refractivity contribution in [2.75, 3.05) is 19.8 Å². The molecule has 0 fully saturated rings. The van der Waals surface area contributed by atoms with Crippen LogP contribution in [0.15, 0.2) is 6.33 Å². The Kier molecular flexibility index (Phi) is 5.17. The van der Waals surface area contributed by atoms with Crippen LogP contribution in [0.1, 0.15) is 19.7 Å². The van der Waals surface area contributed by atoms with Gasteiger partial charge in [0.2, 0.25) is 0 Å². The molecule has 0 saturated heterocycles. The minimum absolute atomic E-state index is 0.695. The van der Waals surface area contributed by atoms with Crippen molar-refractivity contribution in [3.05, 3.63) is 12.2 Å². The SMILES string of the molecule is CCNCc1ncn(CCOCC)n1. The van der Waals surface area contributed by atoms with Crippen LogP contribution in [0.3, 0.4) is 0 Å². The standard InChI is InChI=1S/C9H18N4O/c1-3-10-7-9-11-8-13(12-9)5-6-14-4-2/h8,10H,3-7H2,1-2H3. The summed E-state index contributed by atoms with van der Waals surface area (Å²) < 4.78 is 7.03. The van der Waals surface area contributed by atoms with Crippen LogP contribution < -0.4 is 5.32 Å². The number of aromatic nitrogens is 3. The lowest BCUT2D eigenvalue weighted by molar-refractivity contribution is 0.136. The fourth-order valence-corrected chi connectivity index (χ4v) is 1.06. The van der Waals surface area contributed by atoms with Gasteiger partial charge in [-0.1, -0.05) is 6.92 Å². The normalized spacial score (nSPS) is 10.7. The Morgan fingerprint density at radius 1 is 1.50 bits per heavy atom. The molecule has 5 nitrogen and oxygen atoms in total. The van der Waals surface area contributed by atoms with E-state index in [2.05, 4.69) is 22.3 Å². The van der Waals surface area contributed by atoms with Gasteiger partial charge in [-0.05, 0) is 13.5 Å². The highest BCUT2D eigenvalue weighted by molar-refractivity contribution is 4.80. The predicted octanol–water partition coefficient (Wildman–Crippen LogP) is 0.424. The molecule has 1 N–H and O–H groups in total. The summed E-state index contributed by atoms with van der Waals surface area (Å²) >= 11 is 0. The van der Waals surface area contributed by atoms with Crippen molar-refractivity contribution in [3.8, 4) is 0 Å². The molecule has 1 rings (SSSR count). The van der Waals surface area contributed by atoms with Crippen LogP contribution in [-0.2, 0) is 17.8 Å². The minimum Gasteiger partial charge on any atom is -0.380 e. The number of nitrogens with zero attached hydrogens (tertiary/aromatic N) is 3. The molecule has 0 saturated carbocycles. The molecular weight excluding hydrogens is 180 g/mol. The molecule has 0 amide bonds. The monoisotopic (exact) mass is 198 g/mol. The van der Waals surface area contributed by atoms with Gasteiger partial charge in [-0.3, -0.25) is 4.68 Å². The molecule has 1 heterocycles. The first kappa shape index (κ1) is 11.1. The fourth-order valence-electron chi connectivity index (χ4n) is 1.06. The Morgan fingerprint density at radius 2 is 2.36 bits per heavy atom. The van der Waals surface area contributed by atoms with Crippen LogP contribution in [0.25, 0.3) is 0 Å². The summed E-state index contributed by atoms with van der Waals surface area (Å²) in [7, 11) is 0. The van der Waals surface area contributed by atoms with E-state index < -0.39 is 0 Å². The molecule has 14 heavy (non-hydrogen) atoms. The molecule has 1 aromatic heterocycles. The molecule has 0 atom stereocenters. The lowest BCUT2D eigenvalue weighted by Gasteiger charge is -2.00. The maximum absolute atomic E-state index is 5.22. The van der Waals surface area contributed by atoms with Gasteiger partial charge in [0.25, 0.3) is 0 Å². The third-order valence-electron chi connectivity index (χ3n) is 1.79. The summed E-state index contributed by atoms with van der Waals surface area (Å²) in [6.45, 7) is 7.93. The van der Waals surface area contributed by atoms with Crippen molar-refractivity contribution < 1.29 is 4.74 Å². The Hall–Kier alpha value is -0.940. The topological polar surface area (TPSA) is 52.0 Å². The van der Waals surface area contributed by atoms with Crippen LogP contribution in [0, 0.1) is 0 Å². The zero-order valence-corrected chi connectivity index (χ0v) is 8.86. The highest BCUT2D eigenvalue weighted by Crippen LogP contribution is 1.89. The molecule has 0 unspecified atom stereocenters. The van der Waals surface area contributed by atoms with E-state index in [1.165, 1.54) is 0 Å². The quantitative estimate of drug-likeness (QED) is 0.645. The van der Waals surface area contributed by atoms with E-state index in [1.807, 2.05) is 11.6 Å². The van der Waals surface area contributed by atoms with Crippen molar-refractivity contribution in [1.29, 1.82) is 0 Å². The maximum atomic E-state index is 5.22. The zero-order valence-electron chi connectivity index (χ0n) is 8.86. The van der Waals surface area contributed by atoms with E-state index in [-0.39, 0.29) is 0 Å². The number of ether oxygens (including phenoxy) is 1. The lowest BCUT2D eigenvalue weighted by atomic mass is 10.6. The summed E-state index contributed by atoms with van der Waals surface area (Å²) in [4.78, 5) is 4.17. The zero-order chi connectivity index (χ0) is 10.2. The van der Waals surface area contributed by atoms with Crippen LogP contribution >= 0.6 is 0 Å². The Balaban J connectivity index is 2.27. The lowest BCUT2D eigenvalue weighted by Crippen LogP contribution is -2.13. The van der Waals surface area contributed by atoms with Gasteiger partial charge in [-0.15, -0.1) is 0 Å². The highest BCUT2D eigenvalue weighted by Gasteiger charge is 1.98.